The molecule has 0 unspecified atom stereocenters. The minimum absolute atomic E-state index is 0.0730. The van der Waals surface area contributed by atoms with Gasteiger partial charge in [0.05, 0.1) is 4.47 Å². The van der Waals surface area contributed by atoms with Gasteiger partial charge >= 0.3 is 0 Å². The molecule has 0 bridgehead atoms. The number of nitrogens with zero attached hydrogens (tertiary/aromatic N) is 1. The number of halogens is 2. The summed E-state index contributed by atoms with van der Waals surface area (Å²) >= 11 is 3.19. The number of benzene rings is 1. The molecule has 0 radical (unpaired) electrons. The van der Waals surface area contributed by atoms with Crippen molar-refractivity contribution in [3.63, 3.8) is 0 Å². The van der Waals surface area contributed by atoms with Crippen LogP contribution in [-0.4, -0.2) is 5.16 Å². The summed E-state index contributed by atoms with van der Waals surface area (Å²) < 4.78 is 18.5. The zero-order chi connectivity index (χ0) is 8.72. The van der Waals surface area contributed by atoms with Crippen LogP contribution in [-0.2, 0) is 0 Å². The Labute approximate surface area is 75.5 Å². The van der Waals surface area contributed by atoms with Gasteiger partial charge in [-0.25, -0.2) is 4.39 Å². The highest BCUT2D eigenvalue weighted by Gasteiger charge is 2.12. The molecule has 1 aromatic heterocycles. The fraction of sp³-hybridized carbons (Fsp3) is 0. The van der Waals surface area contributed by atoms with Crippen LogP contribution in [0.15, 0.2) is 21.1 Å². The second-order valence-electron chi connectivity index (χ2n) is 2.30. The van der Waals surface area contributed by atoms with Crippen molar-refractivity contribution in [1.29, 1.82) is 0 Å². The van der Waals surface area contributed by atoms with Crippen molar-refractivity contribution in [3.05, 3.63) is 22.4 Å². The molecule has 12 heavy (non-hydrogen) atoms. The number of hydrogen-bond acceptors (Lipinski definition) is 3. The zero-order valence-electron chi connectivity index (χ0n) is 5.84. The molecule has 0 saturated heterocycles. The number of anilines is 1. The first-order valence-electron chi connectivity index (χ1n) is 3.19. The van der Waals surface area contributed by atoms with E-state index in [9.17, 15) is 4.39 Å². The first kappa shape index (κ1) is 7.54. The van der Waals surface area contributed by atoms with E-state index in [4.69, 9.17) is 10.3 Å². The van der Waals surface area contributed by atoms with Crippen molar-refractivity contribution in [2.75, 3.05) is 5.73 Å². The molecular formula is C7H4BrFN2O. The molecule has 3 nitrogen and oxygen atoms in total. The predicted octanol–water partition coefficient (Wildman–Crippen LogP) is 2.31. The Kier molecular flexibility index (Phi) is 1.54. The summed E-state index contributed by atoms with van der Waals surface area (Å²) in [6, 6.07) is 2.85. The van der Waals surface area contributed by atoms with Gasteiger partial charge < -0.3 is 10.3 Å². The molecule has 0 aliphatic heterocycles. The number of fused-ring (bicyclic) bond motifs is 1. The van der Waals surface area contributed by atoms with Gasteiger partial charge in [0.15, 0.2) is 11.4 Å². The van der Waals surface area contributed by atoms with E-state index in [1.54, 1.807) is 6.07 Å². The summed E-state index contributed by atoms with van der Waals surface area (Å²) in [7, 11) is 0. The molecule has 62 valence electrons. The summed E-state index contributed by atoms with van der Waals surface area (Å²) in [5, 5.41) is 3.68. The smallest absolute Gasteiger partial charge is 0.186 e. The molecule has 0 atom stereocenters. The van der Waals surface area contributed by atoms with Crippen LogP contribution in [0.1, 0.15) is 0 Å². The fourth-order valence-corrected chi connectivity index (χ4v) is 1.40. The van der Waals surface area contributed by atoms with Crippen LogP contribution >= 0.6 is 15.9 Å². The van der Waals surface area contributed by atoms with Gasteiger partial charge in [-0.3, -0.25) is 0 Å². The number of aromatic nitrogens is 1. The molecule has 2 N–H and O–H groups in total. The van der Waals surface area contributed by atoms with Gasteiger partial charge in [-0.2, -0.15) is 0 Å². The predicted molar refractivity (Wildman–Crippen MR) is 46.1 cm³/mol. The molecule has 0 spiro atoms. The third-order valence-corrected chi connectivity index (χ3v) is 2.17. The molecule has 2 aromatic rings. The number of nitrogens with two attached hydrogens (primary N) is 1. The Balaban J connectivity index is 2.98. The van der Waals surface area contributed by atoms with Crippen LogP contribution < -0.4 is 5.73 Å². The molecule has 0 saturated carbocycles. The van der Waals surface area contributed by atoms with Gasteiger partial charge in [-0.15, -0.1) is 0 Å². The van der Waals surface area contributed by atoms with E-state index in [1.165, 1.54) is 6.07 Å². The van der Waals surface area contributed by atoms with E-state index >= 15 is 0 Å². The molecule has 2 rings (SSSR count). The van der Waals surface area contributed by atoms with E-state index in [2.05, 4.69) is 21.1 Å². The highest BCUT2D eigenvalue weighted by Crippen LogP contribution is 2.29. The van der Waals surface area contributed by atoms with Gasteiger partial charge in [-0.05, 0) is 28.1 Å². The van der Waals surface area contributed by atoms with E-state index in [1.807, 2.05) is 0 Å². The van der Waals surface area contributed by atoms with Crippen molar-refractivity contribution < 1.29 is 8.91 Å². The third kappa shape index (κ3) is 0.896. The van der Waals surface area contributed by atoms with Crippen LogP contribution in [0, 0.1) is 5.82 Å². The first-order chi connectivity index (χ1) is 5.70. The van der Waals surface area contributed by atoms with Crippen molar-refractivity contribution >= 4 is 32.7 Å². The summed E-state index contributed by atoms with van der Waals surface area (Å²) in [4.78, 5) is 0. The van der Waals surface area contributed by atoms with Gasteiger partial charge in [-0.1, -0.05) is 5.16 Å². The average molecular weight is 231 g/mol. The lowest BCUT2D eigenvalue weighted by atomic mass is 10.2. The van der Waals surface area contributed by atoms with E-state index < -0.39 is 5.82 Å². The molecule has 1 aromatic carbocycles. The normalized spacial score (nSPS) is 10.8. The van der Waals surface area contributed by atoms with Crippen molar-refractivity contribution in [2.24, 2.45) is 0 Å². The highest BCUT2D eigenvalue weighted by atomic mass is 79.9. The monoisotopic (exact) mass is 230 g/mol. The number of rotatable bonds is 0. The maximum absolute atomic E-state index is 13.1. The quantitative estimate of drug-likeness (QED) is 0.756. The minimum atomic E-state index is -0.424. The topological polar surface area (TPSA) is 52.0 Å². The van der Waals surface area contributed by atoms with Gasteiger partial charge in [0.1, 0.15) is 11.2 Å². The molecule has 0 amide bonds. The van der Waals surface area contributed by atoms with E-state index in [0.29, 0.717) is 10.1 Å². The number of nitrogen functional groups attached to an aromatic ring is 1. The second kappa shape index (κ2) is 2.45. The maximum Gasteiger partial charge on any atom is 0.186 e. The van der Waals surface area contributed by atoms with Crippen LogP contribution in [0.4, 0.5) is 10.2 Å². The lowest BCUT2D eigenvalue weighted by Crippen LogP contribution is -1.86. The van der Waals surface area contributed by atoms with Crippen molar-refractivity contribution in [1.82, 2.24) is 5.16 Å². The van der Waals surface area contributed by atoms with Crippen LogP contribution in [0.5, 0.6) is 0 Å². The Morgan fingerprint density at radius 2 is 2.25 bits per heavy atom. The maximum atomic E-state index is 13.1. The fourth-order valence-electron chi connectivity index (χ4n) is 1.00. The lowest BCUT2D eigenvalue weighted by molar-refractivity contribution is 0.459. The summed E-state index contributed by atoms with van der Waals surface area (Å²) in [5.74, 6) is -0.351. The molecule has 5 heteroatoms. The van der Waals surface area contributed by atoms with Crippen molar-refractivity contribution in [2.45, 2.75) is 0 Å². The van der Waals surface area contributed by atoms with Crippen molar-refractivity contribution in [3.8, 4) is 0 Å². The third-order valence-electron chi connectivity index (χ3n) is 1.55. The largest absolute Gasteiger partial charge is 0.380 e. The Hall–Kier alpha value is -1.10. The molecule has 1 heterocycles. The van der Waals surface area contributed by atoms with Gasteiger partial charge in [0.2, 0.25) is 0 Å². The first-order valence-corrected chi connectivity index (χ1v) is 3.98. The lowest BCUT2D eigenvalue weighted by Gasteiger charge is -1.92. The standard InChI is InChI=1S/C7H4BrFN2O/c8-3-1-2-4(9)5-6(3)12-11-7(5)10/h1-2H,(H2,10,11). The Morgan fingerprint density at radius 3 is 2.92 bits per heavy atom. The van der Waals surface area contributed by atoms with Crippen LogP contribution in [0.25, 0.3) is 11.0 Å². The molecule has 0 aliphatic rings. The van der Waals surface area contributed by atoms with E-state index in [0.717, 1.165) is 0 Å². The Bertz CT molecular complexity index is 440. The van der Waals surface area contributed by atoms with Crippen LogP contribution in [0.2, 0.25) is 0 Å². The average Bonchev–Trinajstić information content (AvgIpc) is 2.42. The van der Waals surface area contributed by atoms with Crippen LogP contribution in [0.3, 0.4) is 0 Å². The second-order valence-corrected chi connectivity index (χ2v) is 3.16. The highest BCUT2D eigenvalue weighted by molar-refractivity contribution is 9.10. The van der Waals surface area contributed by atoms with Gasteiger partial charge in [0, 0.05) is 0 Å². The minimum Gasteiger partial charge on any atom is -0.380 e. The summed E-state index contributed by atoms with van der Waals surface area (Å²) in [6.07, 6.45) is 0. The van der Waals surface area contributed by atoms with E-state index in [-0.39, 0.29) is 11.2 Å². The summed E-state index contributed by atoms with van der Waals surface area (Å²) in [6.45, 7) is 0. The molecule has 0 fully saturated rings. The Morgan fingerprint density at radius 1 is 1.50 bits per heavy atom. The molecular weight excluding hydrogens is 227 g/mol. The van der Waals surface area contributed by atoms with Gasteiger partial charge in [0.25, 0.3) is 0 Å². The molecule has 0 aliphatic carbocycles. The number of hydrogen-bond donors (Lipinski definition) is 1. The zero-order valence-corrected chi connectivity index (χ0v) is 7.43. The SMILES string of the molecule is Nc1noc2c(Br)ccc(F)c12. The summed E-state index contributed by atoms with van der Waals surface area (Å²) in [5.41, 5.74) is 5.72.